The highest BCUT2D eigenvalue weighted by Gasteiger charge is 2.18. The van der Waals surface area contributed by atoms with Gasteiger partial charge in [-0.2, -0.15) is 0 Å². The second-order valence-electron chi connectivity index (χ2n) is 6.57. The van der Waals surface area contributed by atoms with E-state index in [-0.39, 0.29) is 24.6 Å². The first kappa shape index (κ1) is 19.0. The molecule has 4 rings (SSSR count). The van der Waals surface area contributed by atoms with Crippen LogP contribution in [0.15, 0.2) is 59.8 Å². The zero-order valence-corrected chi connectivity index (χ0v) is 16.4. The summed E-state index contributed by atoms with van der Waals surface area (Å²) in [6.07, 6.45) is 0.127. The van der Waals surface area contributed by atoms with Gasteiger partial charge in [0, 0.05) is 19.5 Å². The molecule has 2 amide bonds. The maximum atomic E-state index is 12.9. The molecule has 2 aromatic carbocycles. The number of rotatable bonds is 8. The highest BCUT2D eigenvalue weighted by Crippen LogP contribution is 2.23. The van der Waals surface area contributed by atoms with E-state index in [0.29, 0.717) is 17.5 Å². The Hall–Kier alpha value is -3.33. The third kappa shape index (κ3) is 4.24. The fraction of sp³-hybridized carbons (Fsp3) is 0.200. The third-order valence-electron chi connectivity index (χ3n) is 4.53. The molecular weight excluding hydrogens is 388 g/mol. The van der Waals surface area contributed by atoms with Crippen molar-refractivity contribution >= 4 is 40.4 Å². The number of nitrogens with two attached hydrogens (primary N) is 1. The first-order valence-corrected chi connectivity index (χ1v) is 10.1. The fourth-order valence-corrected chi connectivity index (χ4v) is 3.96. The molecule has 0 unspecified atom stereocenters. The van der Waals surface area contributed by atoms with E-state index in [0.717, 1.165) is 16.6 Å². The largest absolute Gasteiger partial charge is 0.370 e. The van der Waals surface area contributed by atoms with Crippen molar-refractivity contribution < 1.29 is 9.59 Å². The van der Waals surface area contributed by atoms with E-state index in [1.807, 2.05) is 59.0 Å². The smallest absolute Gasteiger partial charge is 0.233 e. The monoisotopic (exact) mass is 408 g/mol. The summed E-state index contributed by atoms with van der Waals surface area (Å²) in [6.45, 7) is 0.713. The Labute approximate surface area is 171 Å². The first-order valence-electron chi connectivity index (χ1n) is 9.16. The van der Waals surface area contributed by atoms with Crippen LogP contribution < -0.4 is 5.73 Å². The predicted molar refractivity (Wildman–Crippen MR) is 111 cm³/mol. The van der Waals surface area contributed by atoms with E-state index < -0.39 is 5.91 Å². The van der Waals surface area contributed by atoms with E-state index in [4.69, 9.17) is 5.73 Å². The van der Waals surface area contributed by atoms with E-state index in [2.05, 4.69) is 15.2 Å². The van der Waals surface area contributed by atoms with Gasteiger partial charge in [-0.25, -0.2) is 10.1 Å². The van der Waals surface area contributed by atoms with Crippen LogP contribution in [-0.2, 0) is 16.1 Å². The molecule has 3 N–H and O–H groups in total. The van der Waals surface area contributed by atoms with Crippen LogP contribution in [0.2, 0.25) is 0 Å². The maximum Gasteiger partial charge on any atom is 0.233 e. The normalized spacial score (nSPS) is 11.2. The minimum Gasteiger partial charge on any atom is -0.370 e. The summed E-state index contributed by atoms with van der Waals surface area (Å²) >= 11 is 1.33. The summed E-state index contributed by atoms with van der Waals surface area (Å²) in [5.41, 5.74) is 8.07. The minimum absolute atomic E-state index is 0.0827. The van der Waals surface area contributed by atoms with Crippen molar-refractivity contribution in [3.8, 4) is 0 Å². The van der Waals surface area contributed by atoms with Gasteiger partial charge in [-0.05, 0) is 17.7 Å². The number of para-hydroxylation sites is 2. The molecule has 0 saturated carbocycles. The summed E-state index contributed by atoms with van der Waals surface area (Å²) in [5.74, 6) is 0.317. The molecule has 0 spiro atoms. The topological polar surface area (TPSA) is 109 Å². The molecule has 29 heavy (non-hydrogen) atoms. The number of thioether (sulfide) groups is 1. The molecule has 0 atom stereocenters. The molecule has 0 aliphatic rings. The molecule has 8 nitrogen and oxygen atoms in total. The van der Waals surface area contributed by atoms with Gasteiger partial charge in [0.1, 0.15) is 0 Å². The number of aromatic nitrogens is 4. The Morgan fingerprint density at radius 3 is 2.66 bits per heavy atom. The van der Waals surface area contributed by atoms with E-state index >= 15 is 0 Å². The fourth-order valence-electron chi connectivity index (χ4n) is 3.10. The molecule has 4 aromatic rings. The van der Waals surface area contributed by atoms with Gasteiger partial charge in [-0.15, -0.1) is 5.10 Å². The summed E-state index contributed by atoms with van der Waals surface area (Å²) in [7, 11) is 0. The number of aromatic amines is 1. The maximum absolute atomic E-state index is 12.9. The number of amides is 2. The molecule has 0 fully saturated rings. The summed E-state index contributed by atoms with van der Waals surface area (Å²) in [6, 6.07) is 17.4. The van der Waals surface area contributed by atoms with Crippen LogP contribution in [0, 0.1) is 0 Å². The van der Waals surface area contributed by atoms with Gasteiger partial charge in [-0.3, -0.25) is 14.0 Å². The zero-order valence-electron chi connectivity index (χ0n) is 15.6. The Balaban J connectivity index is 1.50. The van der Waals surface area contributed by atoms with Crippen molar-refractivity contribution in [2.75, 3.05) is 12.3 Å². The predicted octanol–water partition coefficient (Wildman–Crippen LogP) is 2.21. The Bertz CT molecular complexity index is 1150. The van der Waals surface area contributed by atoms with Gasteiger partial charge in [0.2, 0.25) is 17.6 Å². The van der Waals surface area contributed by atoms with Crippen LogP contribution in [0.4, 0.5) is 0 Å². The zero-order chi connectivity index (χ0) is 20.2. The van der Waals surface area contributed by atoms with Crippen molar-refractivity contribution in [2.45, 2.75) is 18.1 Å². The van der Waals surface area contributed by atoms with E-state index in [1.54, 1.807) is 4.90 Å². The standard InChI is InChI=1S/C20H20N6O2S/c21-17(27)10-11-25(12-14-6-2-1-3-7-14)18(28)13-29-20-24-23-19-22-15-8-4-5-9-16(15)26(19)20/h1-9H,10-13H2,(H2,21,27)(H,22,23). The number of imidazole rings is 1. The number of carbonyl (C=O) groups is 2. The Morgan fingerprint density at radius 2 is 1.86 bits per heavy atom. The number of primary amides is 1. The lowest BCUT2D eigenvalue weighted by molar-refractivity contribution is -0.129. The molecule has 0 bridgehead atoms. The highest BCUT2D eigenvalue weighted by atomic mass is 32.2. The lowest BCUT2D eigenvalue weighted by Gasteiger charge is -2.22. The summed E-state index contributed by atoms with van der Waals surface area (Å²) in [5, 5.41) is 7.86. The van der Waals surface area contributed by atoms with Gasteiger partial charge in [-0.1, -0.05) is 54.2 Å². The van der Waals surface area contributed by atoms with Gasteiger partial charge >= 0.3 is 0 Å². The lowest BCUT2D eigenvalue weighted by atomic mass is 10.2. The van der Waals surface area contributed by atoms with Crippen molar-refractivity contribution in [2.24, 2.45) is 5.73 Å². The van der Waals surface area contributed by atoms with E-state index in [1.165, 1.54) is 11.8 Å². The third-order valence-corrected chi connectivity index (χ3v) is 5.45. The number of nitrogens with one attached hydrogen (secondary N) is 1. The molecular formula is C20H20N6O2S. The lowest BCUT2D eigenvalue weighted by Crippen LogP contribution is -2.34. The molecule has 9 heteroatoms. The van der Waals surface area contributed by atoms with Gasteiger partial charge < -0.3 is 10.6 Å². The van der Waals surface area contributed by atoms with Crippen LogP contribution in [0.3, 0.4) is 0 Å². The number of hydrogen-bond acceptors (Lipinski definition) is 5. The average molecular weight is 408 g/mol. The van der Waals surface area contributed by atoms with Crippen molar-refractivity contribution in [3.63, 3.8) is 0 Å². The van der Waals surface area contributed by atoms with Crippen LogP contribution in [0.25, 0.3) is 16.8 Å². The van der Waals surface area contributed by atoms with Gasteiger partial charge in [0.15, 0.2) is 5.16 Å². The highest BCUT2D eigenvalue weighted by molar-refractivity contribution is 7.99. The summed E-state index contributed by atoms with van der Waals surface area (Å²) < 4.78 is 1.90. The molecule has 148 valence electrons. The number of H-pyrrole nitrogens is 1. The van der Waals surface area contributed by atoms with Crippen molar-refractivity contribution in [1.29, 1.82) is 0 Å². The van der Waals surface area contributed by atoms with Crippen molar-refractivity contribution in [1.82, 2.24) is 24.5 Å². The number of carbonyl (C=O) groups excluding carboxylic acids is 2. The quantitative estimate of drug-likeness (QED) is 0.435. The van der Waals surface area contributed by atoms with Crippen LogP contribution >= 0.6 is 11.8 Å². The first-order chi connectivity index (χ1) is 14.1. The Morgan fingerprint density at radius 1 is 1.10 bits per heavy atom. The van der Waals surface area contributed by atoms with Crippen LogP contribution in [0.5, 0.6) is 0 Å². The Kier molecular flexibility index (Phi) is 5.48. The SMILES string of the molecule is NC(=O)CCN(Cc1ccccc1)C(=O)CSc1n[nH]c2nc3ccccc3n12. The molecule has 0 saturated heterocycles. The number of fused-ring (bicyclic) bond motifs is 3. The number of benzene rings is 2. The van der Waals surface area contributed by atoms with Crippen LogP contribution in [-0.4, -0.2) is 48.6 Å². The second kappa shape index (κ2) is 8.36. The molecule has 0 aliphatic heterocycles. The summed E-state index contributed by atoms with van der Waals surface area (Å²) in [4.78, 5) is 30.2. The number of hydrogen-bond donors (Lipinski definition) is 2. The minimum atomic E-state index is -0.428. The molecule has 2 aromatic heterocycles. The molecule has 2 heterocycles. The van der Waals surface area contributed by atoms with Gasteiger partial charge in [0.05, 0.1) is 16.8 Å². The number of nitrogens with zero attached hydrogens (tertiary/aromatic N) is 4. The van der Waals surface area contributed by atoms with Crippen molar-refractivity contribution in [3.05, 3.63) is 60.2 Å². The molecule has 0 radical (unpaired) electrons. The van der Waals surface area contributed by atoms with Crippen LogP contribution in [0.1, 0.15) is 12.0 Å². The molecule has 0 aliphatic carbocycles. The van der Waals surface area contributed by atoms with E-state index in [9.17, 15) is 9.59 Å². The second-order valence-corrected chi connectivity index (χ2v) is 7.51. The average Bonchev–Trinajstić information content (AvgIpc) is 3.29. The van der Waals surface area contributed by atoms with Gasteiger partial charge in [0.25, 0.3) is 0 Å².